The summed E-state index contributed by atoms with van der Waals surface area (Å²) < 4.78 is 5.96. The fourth-order valence-electron chi connectivity index (χ4n) is 3.82. The zero-order valence-corrected chi connectivity index (χ0v) is 11.7. The van der Waals surface area contributed by atoms with Crippen LogP contribution in [0, 0.1) is 17.2 Å². The summed E-state index contributed by atoms with van der Waals surface area (Å²) in [7, 11) is 0. The van der Waals surface area contributed by atoms with Crippen LogP contribution in [0.1, 0.15) is 38.5 Å². The van der Waals surface area contributed by atoms with E-state index in [1.807, 2.05) is 0 Å². The molecule has 4 unspecified atom stereocenters. The molecule has 2 saturated heterocycles. The van der Waals surface area contributed by atoms with Gasteiger partial charge in [0.05, 0.1) is 24.7 Å². The molecule has 2 aliphatic heterocycles. The second kappa shape index (κ2) is 6.21. The molecule has 4 nitrogen and oxygen atoms in total. The van der Waals surface area contributed by atoms with E-state index in [0.29, 0.717) is 18.2 Å². The normalized spacial score (nSPS) is 39.7. The molecule has 3 fully saturated rings. The first kappa shape index (κ1) is 13.4. The van der Waals surface area contributed by atoms with Crippen LogP contribution >= 0.6 is 0 Å². The molecule has 1 saturated carbocycles. The van der Waals surface area contributed by atoms with Gasteiger partial charge in [-0.2, -0.15) is 5.26 Å². The predicted molar refractivity (Wildman–Crippen MR) is 73.7 cm³/mol. The van der Waals surface area contributed by atoms with Crippen molar-refractivity contribution in [2.45, 2.75) is 56.7 Å². The van der Waals surface area contributed by atoms with Gasteiger partial charge in [0.2, 0.25) is 0 Å². The summed E-state index contributed by atoms with van der Waals surface area (Å²) in [6.07, 6.45) is 7.63. The Morgan fingerprint density at radius 2 is 2.11 bits per heavy atom. The Balaban J connectivity index is 1.45. The molecule has 0 spiro atoms. The Hall–Kier alpha value is -0.630. The van der Waals surface area contributed by atoms with Crippen molar-refractivity contribution in [1.82, 2.24) is 10.2 Å². The number of hydrogen-bond acceptors (Lipinski definition) is 4. The highest BCUT2D eigenvalue weighted by molar-refractivity contribution is 4.95. The Kier molecular flexibility index (Phi) is 4.37. The number of morpholine rings is 1. The van der Waals surface area contributed by atoms with Crippen LogP contribution < -0.4 is 5.32 Å². The molecule has 19 heavy (non-hydrogen) atoms. The maximum absolute atomic E-state index is 9.19. The van der Waals surface area contributed by atoms with E-state index in [-0.39, 0.29) is 5.92 Å². The van der Waals surface area contributed by atoms with Crippen molar-refractivity contribution in [1.29, 1.82) is 5.26 Å². The van der Waals surface area contributed by atoms with Crippen LogP contribution in [-0.2, 0) is 4.74 Å². The quantitative estimate of drug-likeness (QED) is 0.839. The zero-order valence-electron chi connectivity index (χ0n) is 11.7. The van der Waals surface area contributed by atoms with Gasteiger partial charge >= 0.3 is 0 Å². The maximum Gasteiger partial charge on any atom is 0.0827 e. The average Bonchev–Trinajstić information content (AvgIpc) is 2.93. The molecule has 0 amide bonds. The van der Waals surface area contributed by atoms with Crippen molar-refractivity contribution < 1.29 is 4.74 Å². The third kappa shape index (κ3) is 3.10. The summed E-state index contributed by atoms with van der Waals surface area (Å²) in [6.45, 7) is 4.13. The molecular weight excluding hydrogens is 238 g/mol. The summed E-state index contributed by atoms with van der Waals surface area (Å²) in [4.78, 5) is 2.58. The number of nitrogens with one attached hydrogen (secondary N) is 1. The fourth-order valence-corrected chi connectivity index (χ4v) is 3.82. The second-order valence-corrected chi connectivity index (χ2v) is 6.28. The third-order valence-corrected chi connectivity index (χ3v) is 5.00. The van der Waals surface area contributed by atoms with Crippen LogP contribution in [0.5, 0.6) is 0 Å². The highest BCUT2D eigenvalue weighted by Gasteiger charge is 2.33. The maximum atomic E-state index is 9.19. The highest BCUT2D eigenvalue weighted by atomic mass is 16.5. The Labute approximate surface area is 116 Å². The van der Waals surface area contributed by atoms with Crippen molar-refractivity contribution in [2.75, 3.05) is 26.2 Å². The van der Waals surface area contributed by atoms with Gasteiger partial charge in [0.15, 0.2) is 0 Å². The molecule has 1 aliphatic carbocycles. The smallest absolute Gasteiger partial charge is 0.0827 e. The number of hydrogen-bond donors (Lipinski definition) is 1. The van der Waals surface area contributed by atoms with Gasteiger partial charge in [-0.3, -0.25) is 4.90 Å². The Morgan fingerprint density at radius 1 is 1.21 bits per heavy atom. The molecule has 2 heterocycles. The van der Waals surface area contributed by atoms with Gasteiger partial charge < -0.3 is 10.1 Å². The van der Waals surface area contributed by atoms with Gasteiger partial charge in [-0.05, 0) is 32.2 Å². The Morgan fingerprint density at radius 3 is 3.00 bits per heavy atom. The topological polar surface area (TPSA) is 48.3 Å². The first-order valence-corrected chi connectivity index (χ1v) is 7.85. The molecule has 0 radical (unpaired) electrons. The number of fused-ring (bicyclic) bond motifs is 1. The van der Waals surface area contributed by atoms with Gasteiger partial charge in [0.25, 0.3) is 0 Å². The minimum Gasteiger partial charge on any atom is -0.374 e. The van der Waals surface area contributed by atoms with Crippen LogP contribution in [-0.4, -0.2) is 49.3 Å². The molecule has 1 N–H and O–H groups in total. The SMILES string of the molecule is N#CC1CCCCC1NCC1CN2CCCC2CO1. The lowest BCUT2D eigenvalue weighted by atomic mass is 9.85. The number of nitrogens with zero attached hydrogens (tertiary/aromatic N) is 2. The van der Waals surface area contributed by atoms with Crippen molar-refractivity contribution in [2.24, 2.45) is 5.92 Å². The summed E-state index contributed by atoms with van der Waals surface area (Å²) in [5.74, 6) is 0.205. The van der Waals surface area contributed by atoms with Crippen LogP contribution in [0.2, 0.25) is 0 Å². The van der Waals surface area contributed by atoms with Crippen molar-refractivity contribution in [3.05, 3.63) is 0 Å². The van der Waals surface area contributed by atoms with E-state index in [2.05, 4.69) is 16.3 Å². The van der Waals surface area contributed by atoms with E-state index in [1.54, 1.807) is 0 Å². The van der Waals surface area contributed by atoms with Crippen molar-refractivity contribution >= 4 is 0 Å². The number of nitriles is 1. The van der Waals surface area contributed by atoms with Crippen LogP contribution in [0.25, 0.3) is 0 Å². The van der Waals surface area contributed by atoms with E-state index in [0.717, 1.165) is 32.5 Å². The van der Waals surface area contributed by atoms with E-state index in [9.17, 15) is 5.26 Å². The second-order valence-electron chi connectivity index (χ2n) is 6.28. The standard InChI is InChI=1S/C15H25N3O/c16-8-12-4-1-2-6-15(12)17-9-14-10-18-7-3-5-13(18)11-19-14/h12-15,17H,1-7,9-11H2. The predicted octanol–water partition coefficient (Wildman–Crippen LogP) is 1.52. The number of rotatable bonds is 3. The lowest BCUT2D eigenvalue weighted by molar-refractivity contribution is -0.0485. The van der Waals surface area contributed by atoms with Gasteiger partial charge in [0.1, 0.15) is 0 Å². The van der Waals surface area contributed by atoms with E-state index < -0.39 is 0 Å². The van der Waals surface area contributed by atoms with Crippen molar-refractivity contribution in [3.63, 3.8) is 0 Å². The summed E-state index contributed by atoms with van der Waals surface area (Å²) in [5.41, 5.74) is 0. The summed E-state index contributed by atoms with van der Waals surface area (Å²) in [6, 6.07) is 3.53. The fraction of sp³-hybridized carbons (Fsp3) is 0.933. The van der Waals surface area contributed by atoms with Crippen LogP contribution in [0.15, 0.2) is 0 Å². The van der Waals surface area contributed by atoms with Crippen molar-refractivity contribution in [3.8, 4) is 6.07 Å². The molecule has 0 aromatic heterocycles. The minimum absolute atomic E-state index is 0.205. The molecule has 3 aliphatic rings. The minimum atomic E-state index is 0.205. The monoisotopic (exact) mass is 263 g/mol. The average molecular weight is 263 g/mol. The molecule has 0 aromatic carbocycles. The third-order valence-electron chi connectivity index (χ3n) is 5.00. The highest BCUT2D eigenvalue weighted by Crippen LogP contribution is 2.25. The molecule has 0 bridgehead atoms. The zero-order chi connectivity index (χ0) is 13.1. The molecule has 106 valence electrons. The van der Waals surface area contributed by atoms with E-state index in [1.165, 1.54) is 32.2 Å². The Bertz CT molecular complexity index is 341. The first-order chi connectivity index (χ1) is 9.36. The van der Waals surface area contributed by atoms with Gasteiger partial charge in [-0.25, -0.2) is 0 Å². The summed E-state index contributed by atoms with van der Waals surface area (Å²) in [5, 5.41) is 12.8. The van der Waals surface area contributed by atoms with Crippen LogP contribution in [0.4, 0.5) is 0 Å². The molecule has 4 heteroatoms. The molecule has 0 aromatic rings. The number of ether oxygens (including phenoxy) is 1. The summed E-state index contributed by atoms with van der Waals surface area (Å²) >= 11 is 0. The lowest BCUT2D eigenvalue weighted by Gasteiger charge is -2.36. The first-order valence-electron chi connectivity index (χ1n) is 7.85. The lowest BCUT2D eigenvalue weighted by Crippen LogP contribution is -2.51. The molecule has 3 rings (SSSR count). The van der Waals surface area contributed by atoms with Gasteiger partial charge in [-0.1, -0.05) is 12.8 Å². The van der Waals surface area contributed by atoms with Gasteiger partial charge in [0, 0.05) is 25.2 Å². The molecule has 4 atom stereocenters. The van der Waals surface area contributed by atoms with E-state index >= 15 is 0 Å². The largest absolute Gasteiger partial charge is 0.374 e. The van der Waals surface area contributed by atoms with E-state index in [4.69, 9.17) is 4.74 Å². The van der Waals surface area contributed by atoms with Gasteiger partial charge in [-0.15, -0.1) is 0 Å². The molecular formula is C15H25N3O. The van der Waals surface area contributed by atoms with Crippen LogP contribution in [0.3, 0.4) is 0 Å².